The second kappa shape index (κ2) is 5.71. The number of benzene rings is 1. The van der Waals surface area contributed by atoms with E-state index in [0.29, 0.717) is 28.9 Å². The minimum absolute atomic E-state index is 0.323. The van der Waals surface area contributed by atoms with Gasteiger partial charge in [0, 0.05) is 12.7 Å². The van der Waals surface area contributed by atoms with E-state index in [1.807, 2.05) is 12.1 Å². The molecule has 0 aliphatic heterocycles. The third-order valence-corrected chi connectivity index (χ3v) is 2.84. The monoisotopic (exact) mass is 264 g/mol. The average molecular weight is 265 g/mol. The van der Waals surface area contributed by atoms with Crippen molar-refractivity contribution in [2.24, 2.45) is 5.73 Å². The van der Waals surface area contributed by atoms with Crippen LogP contribution in [-0.4, -0.2) is 12.1 Å². The van der Waals surface area contributed by atoms with Crippen LogP contribution in [0.1, 0.15) is 5.56 Å². The van der Waals surface area contributed by atoms with Crippen molar-refractivity contribution in [3.05, 3.63) is 47.1 Å². The fraction of sp³-hybridized carbons (Fsp3) is 0.154. The summed E-state index contributed by atoms with van der Waals surface area (Å²) in [6, 6.07) is 9.05. The molecule has 0 spiro atoms. The Bertz CT molecular complexity index is 546. The van der Waals surface area contributed by atoms with Crippen LogP contribution in [0.25, 0.3) is 0 Å². The molecule has 0 radical (unpaired) electrons. The molecule has 0 bridgehead atoms. The van der Waals surface area contributed by atoms with Crippen molar-refractivity contribution in [3.8, 4) is 17.4 Å². The van der Waals surface area contributed by atoms with Crippen LogP contribution in [0.2, 0.25) is 5.02 Å². The summed E-state index contributed by atoms with van der Waals surface area (Å²) in [7, 11) is 1.58. The molecule has 1 aromatic carbocycles. The number of para-hydroxylation sites is 2. The number of methoxy groups -OCH3 is 1. The maximum atomic E-state index is 6.15. The number of nitrogens with two attached hydrogens (primary N) is 1. The van der Waals surface area contributed by atoms with E-state index in [2.05, 4.69) is 4.98 Å². The number of aromatic nitrogens is 1. The Morgan fingerprint density at radius 3 is 2.61 bits per heavy atom. The van der Waals surface area contributed by atoms with E-state index in [4.69, 9.17) is 26.8 Å². The molecule has 18 heavy (non-hydrogen) atoms. The van der Waals surface area contributed by atoms with E-state index in [-0.39, 0.29) is 0 Å². The molecule has 2 aromatic rings. The van der Waals surface area contributed by atoms with Crippen LogP contribution in [-0.2, 0) is 6.54 Å². The van der Waals surface area contributed by atoms with Crippen LogP contribution in [0.5, 0.6) is 17.4 Å². The van der Waals surface area contributed by atoms with E-state index < -0.39 is 0 Å². The lowest BCUT2D eigenvalue weighted by molar-refractivity contribution is 0.374. The summed E-state index contributed by atoms with van der Waals surface area (Å²) in [6.45, 7) is 0.337. The molecule has 1 aromatic heterocycles. The smallest absolute Gasteiger partial charge is 0.238 e. The van der Waals surface area contributed by atoms with Crippen molar-refractivity contribution < 1.29 is 9.47 Å². The third-order valence-electron chi connectivity index (χ3n) is 2.43. The van der Waals surface area contributed by atoms with Gasteiger partial charge < -0.3 is 15.2 Å². The van der Waals surface area contributed by atoms with Crippen molar-refractivity contribution in [1.82, 2.24) is 4.98 Å². The molecule has 0 amide bonds. The Morgan fingerprint density at radius 1 is 1.22 bits per heavy atom. The highest BCUT2D eigenvalue weighted by Gasteiger charge is 2.11. The van der Waals surface area contributed by atoms with Crippen LogP contribution >= 0.6 is 11.6 Å². The Kier molecular flexibility index (Phi) is 4.02. The molecular weight excluding hydrogens is 252 g/mol. The number of pyridine rings is 1. The molecule has 0 aliphatic carbocycles. The Balaban J connectivity index is 2.34. The summed E-state index contributed by atoms with van der Waals surface area (Å²) in [5, 5.41) is 0.422. The summed E-state index contributed by atoms with van der Waals surface area (Å²) < 4.78 is 10.8. The summed E-state index contributed by atoms with van der Waals surface area (Å²) in [5.41, 5.74) is 6.37. The molecule has 94 valence electrons. The Morgan fingerprint density at radius 2 is 1.94 bits per heavy atom. The van der Waals surface area contributed by atoms with Gasteiger partial charge in [-0.25, -0.2) is 4.98 Å². The molecular formula is C13H13ClN2O2. The maximum Gasteiger partial charge on any atom is 0.238 e. The zero-order valence-corrected chi connectivity index (χ0v) is 10.6. The number of halogens is 1. The minimum Gasteiger partial charge on any atom is -0.493 e. The highest BCUT2D eigenvalue weighted by molar-refractivity contribution is 6.32. The van der Waals surface area contributed by atoms with Gasteiger partial charge in [0.05, 0.1) is 7.11 Å². The quantitative estimate of drug-likeness (QED) is 0.922. The first-order valence-corrected chi connectivity index (χ1v) is 5.78. The topological polar surface area (TPSA) is 57.4 Å². The fourth-order valence-electron chi connectivity index (χ4n) is 1.50. The predicted octanol–water partition coefficient (Wildman–Crippen LogP) is 2.99. The normalized spacial score (nSPS) is 10.2. The fourth-order valence-corrected chi connectivity index (χ4v) is 1.73. The van der Waals surface area contributed by atoms with Gasteiger partial charge in [0.25, 0.3) is 0 Å². The predicted molar refractivity (Wildman–Crippen MR) is 70.2 cm³/mol. The number of nitrogens with zero attached hydrogens (tertiary/aromatic N) is 1. The molecule has 0 fully saturated rings. The Hall–Kier alpha value is -1.78. The lowest BCUT2D eigenvalue weighted by Crippen LogP contribution is -2.00. The van der Waals surface area contributed by atoms with Crippen molar-refractivity contribution in [2.45, 2.75) is 6.54 Å². The van der Waals surface area contributed by atoms with Crippen LogP contribution in [0.3, 0.4) is 0 Å². The van der Waals surface area contributed by atoms with E-state index in [9.17, 15) is 0 Å². The van der Waals surface area contributed by atoms with E-state index >= 15 is 0 Å². The first-order valence-electron chi connectivity index (χ1n) is 5.40. The molecule has 2 N–H and O–H groups in total. The minimum atomic E-state index is 0.323. The lowest BCUT2D eigenvalue weighted by Gasteiger charge is -2.11. The van der Waals surface area contributed by atoms with Crippen molar-refractivity contribution >= 4 is 11.6 Å². The SMILES string of the molecule is COc1ccccc1Oc1nccc(CN)c1Cl. The average Bonchev–Trinajstić information content (AvgIpc) is 2.42. The van der Waals surface area contributed by atoms with E-state index in [1.165, 1.54) is 0 Å². The van der Waals surface area contributed by atoms with Gasteiger partial charge in [0.15, 0.2) is 11.5 Å². The largest absolute Gasteiger partial charge is 0.493 e. The molecule has 0 saturated heterocycles. The first kappa shape index (κ1) is 12.7. The summed E-state index contributed by atoms with van der Waals surface area (Å²) in [5.74, 6) is 1.50. The van der Waals surface area contributed by atoms with Crippen LogP contribution in [0.4, 0.5) is 0 Å². The zero-order valence-electron chi connectivity index (χ0n) is 9.89. The third kappa shape index (κ3) is 2.55. The number of hydrogen-bond acceptors (Lipinski definition) is 4. The Labute approximate surface area is 110 Å². The van der Waals surface area contributed by atoms with Crippen LogP contribution in [0, 0.1) is 0 Å². The highest BCUT2D eigenvalue weighted by atomic mass is 35.5. The molecule has 0 saturated carbocycles. The number of ether oxygens (including phenoxy) is 2. The summed E-state index contributed by atoms with van der Waals surface area (Å²) >= 11 is 6.15. The van der Waals surface area contributed by atoms with E-state index in [0.717, 1.165) is 5.56 Å². The second-order valence-corrected chi connectivity index (χ2v) is 3.92. The van der Waals surface area contributed by atoms with Gasteiger partial charge in [0.2, 0.25) is 5.88 Å². The number of rotatable bonds is 4. The maximum absolute atomic E-state index is 6.15. The van der Waals surface area contributed by atoms with Gasteiger partial charge in [-0.2, -0.15) is 0 Å². The van der Waals surface area contributed by atoms with Gasteiger partial charge >= 0.3 is 0 Å². The van der Waals surface area contributed by atoms with Crippen LogP contribution in [0.15, 0.2) is 36.5 Å². The second-order valence-electron chi connectivity index (χ2n) is 3.55. The van der Waals surface area contributed by atoms with Crippen molar-refractivity contribution in [2.75, 3.05) is 7.11 Å². The summed E-state index contributed by atoms with van der Waals surface area (Å²) in [6.07, 6.45) is 1.61. The van der Waals surface area contributed by atoms with Crippen molar-refractivity contribution in [3.63, 3.8) is 0 Å². The standard InChI is InChI=1S/C13H13ClN2O2/c1-17-10-4-2-3-5-11(10)18-13-12(14)9(8-15)6-7-16-13/h2-7H,8,15H2,1H3. The summed E-state index contributed by atoms with van der Waals surface area (Å²) in [4.78, 5) is 4.09. The van der Waals surface area contributed by atoms with E-state index in [1.54, 1.807) is 31.5 Å². The molecule has 2 rings (SSSR count). The molecule has 0 unspecified atom stereocenters. The van der Waals surface area contributed by atoms with Gasteiger partial charge in [-0.1, -0.05) is 23.7 Å². The van der Waals surface area contributed by atoms with Gasteiger partial charge in [-0.15, -0.1) is 0 Å². The molecule has 0 aliphatic rings. The lowest BCUT2D eigenvalue weighted by atomic mass is 10.2. The zero-order chi connectivity index (χ0) is 13.0. The first-order chi connectivity index (χ1) is 8.76. The molecule has 5 heteroatoms. The van der Waals surface area contributed by atoms with Gasteiger partial charge in [-0.3, -0.25) is 0 Å². The van der Waals surface area contributed by atoms with Gasteiger partial charge in [-0.05, 0) is 23.8 Å². The highest BCUT2D eigenvalue weighted by Crippen LogP contribution is 2.34. The van der Waals surface area contributed by atoms with Gasteiger partial charge in [0.1, 0.15) is 5.02 Å². The van der Waals surface area contributed by atoms with Crippen molar-refractivity contribution in [1.29, 1.82) is 0 Å². The number of hydrogen-bond donors (Lipinski definition) is 1. The molecule has 1 heterocycles. The van der Waals surface area contributed by atoms with Crippen LogP contribution < -0.4 is 15.2 Å². The molecule has 4 nitrogen and oxygen atoms in total. The molecule has 0 atom stereocenters.